The maximum Gasteiger partial charge on any atom is 0.149 e. The van der Waals surface area contributed by atoms with Gasteiger partial charge in [0.2, 0.25) is 0 Å². The number of hydrogen-bond acceptors (Lipinski definition) is 5. The van der Waals surface area contributed by atoms with Crippen LogP contribution < -0.4 is 5.73 Å². The molecule has 0 fully saturated rings. The van der Waals surface area contributed by atoms with E-state index in [9.17, 15) is 0 Å². The van der Waals surface area contributed by atoms with Gasteiger partial charge in [-0.15, -0.1) is 10.2 Å². The molecule has 0 spiro atoms. The minimum absolute atomic E-state index is 0.447. The van der Waals surface area contributed by atoms with E-state index < -0.39 is 0 Å². The molecule has 114 valence electrons. The number of aryl methyl sites for hydroxylation is 2. The second kappa shape index (κ2) is 4.74. The molecule has 4 rings (SSSR count). The number of allylic oxidation sites excluding steroid dienone is 5. The third-order valence-electron chi connectivity index (χ3n) is 4.27. The van der Waals surface area contributed by atoms with Gasteiger partial charge in [0, 0.05) is 41.7 Å². The van der Waals surface area contributed by atoms with Crippen molar-refractivity contribution in [1.29, 1.82) is 0 Å². The predicted octanol–water partition coefficient (Wildman–Crippen LogP) is 2.37. The van der Waals surface area contributed by atoms with Crippen LogP contribution in [0.2, 0.25) is 0 Å². The lowest BCUT2D eigenvalue weighted by atomic mass is 9.97. The van der Waals surface area contributed by atoms with Crippen molar-refractivity contribution < 1.29 is 0 Å². The average Bonchev–Trinajstić information content (AvgIpc) is 3.18. The molecule has 0 saturated heterocycles. The molecule has 2 N–H and O–H groups in total. The summed E-state index contributed by atoms with van der Waals surface area (Å²) < 4.78 is 1.82. The van der Waals surface area contributed by atoms with Crippen LogP contribution in [0.3, 0.4) is 0 Å². The summed E-state index contributed by atoms with van der Waals surface area (Å²) in [6, 6.07) is 0. The number of aliphatic imine (C=N–C) groups is 1. The van der Waals surface area contributed by atoms with Gasteiger partial charge in [0.15, 0.2) is 0 Å². The van der Waals surface area contributed by atoms with Crippen molar-refractivity contribution in [3.05, 3.63) is 52.4 Å². The first-order valence-electron chi connectivity index (χ1n) is 7.35. The van der Waals surface area contributed by atoms with Crippen molar-refractivity contribution in [3.63, 3.8) is 0 Å². The van der Waals surface area contributed by atoms with E-state index in [0.29, 0.717) is 5.82 Å². The Bertz CT molecular complexity index is 936. The molecule has 0 saturated carbocycles. The summed E-state index contributed by atoms with van der Waals surface area (Å²) >= 11 is 0. The number of nitrogen functional groups attached to an aromatic ring is 1. The summed E-state index contributed by atoms with van der Waals surface area (Å²) in [5.41, 5.74) is 14.1. The summed E-state index contributed by atoms with van der Waals surface area (Å²) in [7, 11) is 1.91. The fraction of sp³-hybridized carbons (Fsp3) is 0.176. The van der Waals surface area contributed by atoms with Crippen LogP contribution in [0.4, 0.5) is 5.82 Å². The molecular formula is C17H16N6. The Balaban J connectivity index is 1.98. The first-order valence-corrected chi connectivity index (χ1v) is 7.35. The SMILES string of the molecule is Cc1cnn(C)c1-c1nnc(N)c(C)c1C1=CC2=CN=CC2=C1. The van der Waals surface area contributed by atoms with Crippen LogP contribution in [0.1, 0.15) is 16.7 Å². The highest BCUT2D eigenvalue weighted by Gasteiger charge is 2.24. The van der Waals surface area contributed by atoms with Crippen LogP contribution in [-0.2, 0) is 7.05 Å². The molecule has 6 heteroatoms. The Hall–Kier alpha value is -3.02. The highest BCUT2D eigenvalue weighted by atomic mass is 15.3. The second-order valence-corrected chi connectivity index (χ2v) is 5.80. The molecule has 0 aromatic carbocycles. The summed E-state index contributed by atoms with van der Waals surface area (Å²) in [5.74, 6) is 0.447. The third-order valence-corrected chi connectivity index (χ3v) is 4.27. The van der Waals surface area contributed by atoms with E-state index in [1.807, 2.05) is 44.2 Å². The van der Waals surface area contributed by atoms with E-state index in [0.717, 1.165) is 44.8 Å². The van der Waals surface area contributed by atoms with E-state index in [1.165, 1.54) is 0 Å². The summed E-state index contributed by atoms with van der Waals surface area (Å²) in [5, 5.41) is 12.8. The van der Waals surface area contributed by atoms with Crippen LogP contribution >= 0.6 is 0 Å². The van der Waals surface area contributed by atoms with Gasteiger partial charge in [-0.2, -0.15) is 5.10 Å². The Morgan fingerprint density at radius 2 is 1.83 bits per heavy atom. The van der Waals surface area contributed by atoms with Crippen LogP contribution in [0, 0.1) is 13.8 Å². The van der Waals surface area contributed by atoms with Gasteiger partial charge in [-0.1, -0.05) is 0 Å². The van der Waals surface area contributed by atoms with Crippen molar-refractivity contribution >= 4 is 17.6 Å². The fourth-order valence-corrected chi connectivity index (χ4v) is 3.05. The number of rotatable bonds is 2. The van der Waals surface area contributed by atoms with E-state index in [-0.39, 0.29) is 0 Å². The molecule has 23 heavy (non-hydrogen) atoms. The molecule has 0 radical (unpaired) electrons. The molecule has 2 aliphatic rings. The first-order chi connectivity index (χ1) is 11.1. The Kier molecular flexibility index (Phi) is 2.81. The van der Waals surface area contributed by atoms with Crippen LogP contribution in [0.25, 0.3) is 17.0 Å². The van der Waals surface area contributed by atoms with Gasteiger partial charge < -0.3 is 5.73 Å². The monoisotopic (exact) mass is 304 g/mol. The predicted molar refractivity (Wildman–Crippen MR) is 90.8 cm³/mol. The van der Waals surface area contributed by atoms with Crippen molar-refractivity contribution in [1.82, 2.24) is 20.0 Å². The van der Waals surface area contributed by atoms with Gasteiger partial charge in [-0.3, -0.25) is 9.67 Å². The fourth-order valence-electron chi connectivity index (χ4n) is 3.05. The Labute approximate surface area is 133 Å². The maximum absolute atomic E-state index is 6.02. The number of nitrogens with two attached hydrogens (primary N) is 1. The smallest absolute Gasteiger partial charge is 0.149 e. The van der Waals surface area contributed by atoms with E-state index in [4.69, 9.17) is 5.73 Å². The standard InChI is InChI=1S/C17H16N6/c1-9-6-20-23(3)16(9)15-14(10(2)17(18)22-21-15)11-4-12-7-19-8-13(12)5-11/h4-8H,1-3H3,(H2,18,22). The van der Waals surface area contributed by atoms with Gasteiger partial charge in [0.05, 0.1) is 11.9 Å². The number of aromatic nitrogens is 4. The topological polar surface area (TPSA) is 82.0 Å². The number of nitrogens with zero attached hydrogens (tertiary/aromatic N) is 5. The van der Waals surface area contributed by atoms with Crippen LogP contribution in [0.15, 0.2) is 40.7 Å². The summed E-state index contributed by atoms with van der Waals surface area (Å²) in [6.45, 7) is 4.00. The van der Waals surface area contributed by atoms with Crippen molar-refractivity contribution in [2.75, 3.05) is 5.73 Å². The van der Waals surface area contributed by atoms with Crippen molar-refractivity contribution in [2.24, 2.45) is 12.0 Å². The van der Waals surface area contributed by atoms with Gasteiger partial charge in [0.25, 0.3) is 0 Å². The highest BCUT2D eigenvalue weighted by Crippen LogP contribution is 2.38. The van der Waals surface area contributed by atoms with Gasteiger partial charge >= 0.3 is 0 Å². The highest BCUT2D eigenvalue weighted by molar-refractivity contribution is 6.01. The minimum atomic E-state index is 0.447. The maximum atomic E-state index is 6.02. The zero-order valence-electron chi connectivity index (χ0n) is 13.2. The van der Waals surface area contributed by atoms with Crippen LogP contribution in [-0.4, -0.2) is 26.2 Å². The molecule has 1 aliphatic carbocycles. The minimum Gasteiger partial charge on any atom is -0.382 e. The first kappa shape index (κ1) is 13.6. The molecule has 0 atom stereocenters. The molecule has 6 nitrogen and oxygen atoms in total. The molecule has 2 aromatic heterocycles. The molecule has 0 amide bonds. The van der Waals surface area contributed by atoms with Crippen molar-refractivity contribution in [2.45, 2.75) is 13.8 Å². The molecule has 0 unspecified atom stereocenters. The number of anilines is 1. The van der Waals surface area contributed by atoms with Crippen LogP contribution in [0.5, 0.6) is 0 Å². The van der Waals surface area contributed by atoms with E-state index in [2.05, 4.69) is 32.4 Å². The normalized spacial score (nSPS) is 15.5. The second-order valence-electron chi connectivity index (χ2n) is 5.80. The Morgan fingerprint density at radius 3 is 2.52 bits per heavy atom. The number of hydrogen-bond donors (Lipinski definition) is 1. The Morgan fingerprint density at radius 1 is 1.04 bits per heavy atom. The lowest BCUT2D eigenvalue weighted by Gasteiger charge is -2.13. The molecule has 3 heterocycles. The van der Waals surface area contributed by atoms with Gasteiger partial charge in [-0.05, 0) is 37.1 Å². The summed E-state index contributed by atoms with van der Waals surface area (Å²) in [4.78, 5) is 4.17. The van der Waals surface area contributed by atoms with E-state index in [1.54, 1.807) is 0 Å². The third kappa shape index (κ3) is 1.95. The van der Waals surface area contributed by atoms with Crippen molar-refractivity contribution in [3.8, 4) is 11.4 Å². The lowest BCUT2D eigenvalue weighted by molar-refractivity contribution is 0.770. The van der Waals surface area contributed by atoms with Gasteiger partial charge in [-0.25, -0.2) is 0 Å². The zero-order chi connectivity index (χ0) is 16.1. The van der Waals surface area contributed by atoms with E-state index >= 15 is 0 Å². The quantitative estimate of drug-likeness (QED) is 0.923. The molecule has 1 aliphatic heterocycles. The average molecular weight is 304 g/mol. The summed E-state index contributed by atoms with van der Waals surface area (Å²) in [6.07, 6.45) is 9.78. The lowest BCUT2D eigenvalue weighted by Crippen LogP contribution is -2.07. The zero-order valence-corrected chi connectivity index (χ0v) is 13.2. The molecule has 2 aromatic rings. The van der Waals surface area contributed by atoms with Gasteiger partial charge in [0.1, 0.15) is 11.5 Å². The molecule has 0 bridgehead atoms. The number of fused-ring (bicyclic) bond motifs is 1. The molecular weight excluding hydrogens is 288 g/mol. The largest absolute Gasteiger partial charge is 0.382 e.